The second kappa shape index (κ2) is 5.81. The van der Waals surface area contributed by atoms with Gasteiger partial charge >= 0.3 is 0 Å². The second-order valence-electron chi connectivity index (χ2n) is 5.44. The summed E-state index contributed by atoms with van der Waals surface area (Å²) in [4.78, 5) is 2.43. The van der Waals surface area contributed by atoms with Crippen LogP contribution in [0.2, 0.25) is 0 Å². The molecule has 1 saturated heterocycles. The van der Waals surface area contributed by atoms with Gasteiger partial charge in [-0.1, -0.05) is 18.6 Å². The lowest BCUT2D eigenvalue weighted by atomic mass is 9.93. The van der Waals surface area contributed by atoms with Gasteiger partial charge in [-0.2, -0.15) is 0 Å². The van der Waals surface area contributed by atoms with Gasteiger partial charge in [-0.3, -0.25) is 4.90 Å². The summed E-state index contributed by atoms with van der Waals surface area (Å²) in [7, 11) is 0. The van der Waals surface area contributed by atoms with E-state index in [4.69, 9.17) is 5.73 Å². The molecule has 3 heteroatoms. The lowest BCUT2D eigenvalue weighted by molar-refractivity contribution is 0.0922. The van der Waals surface area contributed by atoms with Gasteiger partial charge in [0.25, 0.3) is 0 Å². The van der Waals surface area contributed by atoms with Gasteiger partial charge in [-0.05, 0) is 50.9 Å². The van der Waals surface area contributed by atoms with Crippen LogP contribution in [0.15, 0.2) is 24.3 Å². The summed E-state index contributed by atoms with van der Waals surface area (Å²) in [5.41, 5.74) is 7.15. The minimum absolute atomic E-state index is 0.00681. The maximum absolute atomic E-state index is 13.4. The average Bonchev–Trinajstić information content (AvgIpc) is 2.32. The minimum atomic E-state index is -0.178. The normalized spacial score (nSPS) is 24.8. The fourth-order valence-electron chi connectivity index (χ4n) is 3.02. The van der Waals surface area contributed by atoms with E-state index < -0.39 is 0 Å². The number of nitrogens with zero attached hydrogens (tertiary/aromatic N) is 1. The summed E-state index contributed by atoms with van der Waals surface area (Å²) in [5.74, 6) is -0.178. The molecule has 1 heterocycles. The van der Waals surface area contributed by atoms with Crippen LogP contribution in [-0.4, -0.2) is 23.5 Å². The van der Waals surface area contributed by atoms with E-state index in [9.17, 15) is 4.39 Å². The third-order valence-corrected chi connectivity index (χ3v) is 3.90. The van der Waals surface area contributed by atoms with Crippen molar-refractivity contribution in [1.29, 1.82) is 0 Å². The molecule has 100 valence electrons. The van der Waals surface area contributed by atoms with Crippen molar-refractivity contribution in [2.45, 2.75) is 51.2 Å². The monoisotopic (exact) mass is 250 g/mol. The van der Waals surface area contributed by atoms with Crippen molar-refractivity contribution in [3.8, 4) is 0 Å². The van der Waals surface area contributed by atoms with E-state index in [2.05, 4.69) is 11.8 Å². The van der Waals surface area contributed by atoms with Crippen LogP contribution in [0.1, 0.15) is 44.7 Å². The molecule has 0 saturated carbocycles. The first-order valence-electron chi connectivity index (χ1n) is 6.86. The largest absolute Gasteiger partial charge is 0.326 e. The molecule has 1 aromatic rings. The third-order valence-electron chi connectivity index (χ3n) is 3.90. The number of hydrogen-bond acceptors (Lipinski definition) is 2. The molecule has 2 N–H and O–H groups in total. The molecule has 1 aliphatic heterocycles. The van der Waals surface area contributed by atoms with E-state index in [1.54, 1.807) is 12.1 Å². The van der Waals surface area contributed by atoms with E-state index in [0.29, 0.717) is 6.04 Å². The lowest BCUT2D eigenvalue weighted by Crippen LogP contribution is -2.46. The maximum Gasteiger partial charge on any atom is 0.123 e. The number of halogens is 1. The molecule has 0 aliphatic carbocycles. The number of rotatable bonds is 3. The summed E-state index contributed by atoms with van der Waals surface area (Å²) in [6.45, 7) is 5.31. The van der Waals surface area contributed by atoms with Gasteiger partial charge in [0.1, 0.15) is 5.82 Å². The van der Waals surface area contributed by atoms with Gasteiger partial charge in [0.15, 0.2) is 0 Å². The number of likely N-dealkylation sites (tertiary alicyclic amines) is 1. The van der Waals surface area contributed by atoms with E-state index in [1.165, 1.54) is 25.3 Å². The van der Waals surface area contributed by atoms with Crippen LogP contribution < -0.4 is 5.73 Å². The van der Waals surface area contributed by atoms with Gasteiger partial charge < -0.3 is 5.73 Å². The number of benzene rings is 1. The molecule has 18 heavy (non-hydrogen) atoms. The quantitative estimate of drug-likeness (QED) is 0.893. The molecule has 0 amide bonds. The second-order valence-corrected chi connectivity index (χ2v) is 5.44. The standard InChI is InChI=1S/C15H23FN2/c1-11-6-3-4-9-18(11)15(12(2)17)13-7-5-8-14(16)10-13/h5,7-8,10-12,15H,3-4,6,9,17H2,1-2H3. The van der Waals surface area contributed by atoms with Crippen molar-refractivity contribution >= 4 is 0 Å². The molecule has 0 bridgehead atoms. The first kappa shape index (κ1) is 13.5. The summed E-state index contributed by atoms with van der Waals surface area (Å²) in [5, 5.41) is 0. The predicted octanol–water partition coefficient (Wildman–Crippen LogP) is 3.09. The highest BCUT2D eigenvalue weighted by Crippen LogP contribution is 2.30. The zero-order chi connectivity index (χ0) is 13.1. The van der Waals surface area contributed by atoms with Crippen molar-refractivity contribution in [3.63, 3.8) is 0 Å². The number of hydrogen-bond donors (Lipinski definition) is 1. The Labute approximate surface area is 109 Å². The molecule has 0 spiro atoms. The molecular formula is C15H23FN2. The Balaban J connectivity index is 2.27. The van der Waals surface area contributed by atoms with Crippen molar-refractivity contribution in [2.75, 3.05) is 6.54 Å². The Morgan fingerprint density at radius 1 is 1.39 bits per heavy atom. The fraction of sp³-hybridized carbons (Fsp3) is 0.600. The minimum Gasteiger partial charge on any atom is -0.326 e. The third kappa shape index (κ3) is 2.90. The molecule has 2 rings (SSSR count). The van der Waals surface area contributed by atoms with E-state index >= 15 is 0 Å². The molecule has 3 atom stereocenters. The van der Waals surface area contributed by atoms with Gasteiger partial charge in [-0.15, -0.1) is 0 Å². The zero-order valence-electron chi connectivity index (χ0n) is 11.3. The van der Waals surface area contributed by atoms with Crippen LogP contribution in [0.25, 0.3) is 0 Å². The summed E-state index contributed by atoms with van der Waals surface area (Å²) < 4.78 is 13.4. The Morgan fingerprint density at radius 3 is 2.78 bits per heavy atom. The van der Waals surface area contributed by atoms with Crippen LogP contribution in [0.3, 0.4) is 0 Å². The highest BCUT2D eigenvalue weighted by atomic mass is 19.1. The molecule has 0 aromatic heterocycles. The van der Waals surface area contributed by atoms with Crippen molar-refractivity contribution in [2.24, 2.45) is 5.73 Å². The number of nitrogens with two attached hydrogens (primary N) is 1. The SMILES string of the molecule is CC(N)C(c1cccc(F)c1)N1CCCCC1C. The highest BCUT2D eigenvalue weighted by Gasteiger charge is 2.29. The van der Waals surface area contributed by atoms with Crippen LogP contribution in [-0.2, 0) is 0 Å². The highest BCUT2D eigenvalue weighted by molar-refractivity contribution is 5.22. The van der Waals surface area contributed by atoms with Gasteiger partial charge in [0.2, 0.25) is 0 Å². The molecule has 1 aromatic carbocycles. The maximum atomic E-state index is 13.4. The first-order valence-corrected chi connectivity index (χ1v) is 6.86. The predicted molar refractivity (Wildman–Crippen MR) is 72.8 cm³/mol. The van der Waals surface area contributed by atoms with E-state index in [1.807, 2.05) is 13.0 Å². The summed E-state index contributed by atoms with van der Waals surface area (Å²) in [6, 6.07) is 7.52. The van der Waals surface area contributed by atoms with Gasteiger partial charge in [0, 0.05) is 18.1 Å². The van der Waals surface area contributed by atoms with Gasteiger partial charge in [0.05, 0.1) is 0 Å². The van der Waals surface area contributed by atoms with Crippen LogP contribution in [0.5, 0.6) is 0 Å². The lowest BCUT2D eigenvalue weighted by Gasteiger charge is -2.41. The summed E-state index contributed by atoms with van der Waals surface area (Å²) in [6.07, 6.45) is 3.70. The molecule has 3 unspecified atom stereocenters. The smallest absolute Gasteiger partial charge is 0.123 e. The molecule has 1 fully saturated rings. The van der Waals surface area contributed by atoms with E-state index in [-0.39, 0.29) is 17.9 Å². The Kier molecular flexibility index (Phi) is 4.36. The first-order chi connectivity index (χ1) is 8.59. The van der Waals surface area contributed by atoms with Crippen molar-refractivity contribution < 1.29 is 4.39 Å². The Hall–Kier alpha value is -0.930. The Morgan fingerprint density at radius 2 is 2.17 bits per heavy atom. The fourth-order valence-corrected chi connectivity index (χ4v) is 3.02. The van der Waals surface area contributed by atoms with Crippen LogP contribution in [0.4, 0.5) is 4.39 Å². The molecular weight excluding hydrogens is 227 g/mol. The molecule has 0 radical (unpaired) electrons. The zero-order valence-corrected chi connectivity index (χ0v) is 11.3. The Bertz CT molecular complexity index is 392. The topological polar surface area (TPSA) is 29.3 Å². The van der Waals surface area contributed by atoms with Gasteiger partial charge in [-0.25, -0.2) is 4.39 Å². The number of piperidine rings is 1. The average molecular weight is 250 g/mol. The molecule has 2 nitrogen and oxygen atoms in total. The van der Waals surface area contributed by atoms with Crippen LogP contribution >= 0.6 is 0 Å². The van der Waals surface area contributed by atoms with Crippen LogP contribution in [0, 0.1) is 5.82 Å². The summed E-state index contributed by atoms with van der Waals surface area (Å²) >= 11 is 0. The van der Waals surface area contributed by atoms with Crippen molar-refractivity contribution in [3.05, 3.63) is 35.6 Å². The van der Waals surface area contributed by atoms with Crippen molar-refractivity contribution in [1.82, 2.24) is 4.90 Å². The molecule has 1 aliphatic rings. The van der Waals surface area contributed by atoms with E-state index in [0.717, 1.165) is 12.1 Å².